The first-order valence-corrected chi connectivity index (χ1v) is 9.76. The number of ketones is 1. The summed E-state index contributed by atoms with van der Waals surface area (Å²) in [6.07, 6.45) is 5.57. The fourth-order valence-electron chi connectivity index (χ4n) is 3.46. The summed E-state index contributed by atoms with van der Waals surface area (Å²) in [4.78, 5) is 26.0. The van der Waals surface area contributed by atoms with Crippen molar-refractivity contribution in [1.29, 1.82) is 0 Å². The second-order valence-electron chi connectivity index (χ2n) is 6.45. The predicted molar refractivity (Wildman–Crippen MR) is 106 cm³/mol. The van der Waals surface area contributed by atoms with Crippen LogP contribution in [0.2, 0.25) is 0 Å². The van der Waals surface area contributed by atoms with E-state index in [2.05, 4.69) is 0 Å². The van der Waals surface area contributed by atoms with E-state index in [4.69, 9.17) is 18.8 Å². The van der Waals surface area contributed by atoms with Crippen LogP contribution in [0, 0.1) is 11.8 Å². The molecule has 0 aromatic heterocycles. The molecule has 2 unspecified atom stereocenters. The number of methoxy groups -OCH3 is 2. The fraction of sp³-hybridized carbons (Fsp3) is 0.600. The maximum Gasteiger partial charge on any atom is 0.317 e. The van der Waals surface area contributed by atoms with Crippen molar-refractivity contribution in [2.24, 2.45) is 11.8 Å². The Labute approximate surface area is 163 Å². The Bertz CT molecular complexity index is 590. The molecule has 0 bridgehead atoms. The molecule has 1 fully saturated rings. The minimum absolute atomic E-state index is 0.0243. The number of hydrogen-bond acceptors (Lipinski definition) is 6. The number of rotatable bonds is 9. The summed E-state index contributed by atoms with van der Waals surface area (Å²) < 4.78 is 24.3. The van der Waals surface area contributed by atoms with Crippen LogP contribution in [0.15, 0.2) is 18.2 Å². The van der Waals surface area contributed by atoms with Crippen LogP contribution in [0.25, 0.3) is 0 Å². The summed E-state index contributed by atoms with van der Waals surface area (Å²) in [7, 11) is 4.19. The molecule has 2 rings (SSSR count). The third kappa shape index (κ3) is 6.03. The normalized spacial score (nSPS) is 14.6. The summed E-state index contributed by atoms with van der Waals surface area (Å²) >= 11 is 0. The van der Waals surface area contributed by atoms with E-state index in [0.29, 0.717) is 23.7 Å². The van der Waals surface area contributed by atoms with Gasteiger partial charge in [-0.25, -0.2) is 0 Å². The van der Waals surface area contributed by atoms with Gasteiger partial charge < -0.3 is 14.2 Å². The lowest BCUT2D eigenvalue weighted by Gasteiger charge is -2.22. The van der Waals surface area contributed by atoms with Gasteiger partial charge in [-0.1, -0.05) is 36.8 Å². The first kappa shape index (κ1) is 23.1. The first-order valence-electron chi connectivity index (χ1n) is 9.29. The predicted octanol–water partition coefficient (Wildman–Crippen LogP) is 4.24. The van der Waals surface area contributed by atoms with Crippen molar-refractivity contribution < 1.29 is 28.4 Å². The Morgan fingerprint density at radius 1 is 1.11 bits per heavy atom. The zero-order valence-electron chi connectivity index (χ0n) is 16.4. The minimum atomic E-state index is -0.787. The molecule has 0 saturated heterocycles. The number of unbranched alkanes of at least 4 members (excludes halogenated alkanes) is 1. The summed E-state index contributed by atoms with van der Waals surface area (Å²) in [6, 6.07) is 5.19. The smallest absolute Gasteiger partial charge is 0.317 e. The van der Waals surface area contributed by atoms with Gasteiger partial charge in [-0.3, -0.25) is 9.59 Å². The van der Waals surface area contributed by atoms with Crippen LogP contribution in [0.1, 0.15) is 55.8 Å². The van der Waals surface area contributed by atoms with Crippen molar-refractivity contribution in [2.75, 3.05) is 20.8 Å². The highest BCUT2D eigenvalue weighted by Gasteiger charge is 2.40. The van der Waals surface area contributed by atoms with E-state index in [1.54, 1.807) is 18.2 Å². The van der Waals surface area contributed by atoms with Gasteiger partial charge in [0.05, 0.1) is 20.8 Å². The van der Waals surface area contributed by atoms with Crippen LogP contribution >= 0.6 is 9.12 Å². The summed E-state index contributed by atoms with van der Waals surface area (Å²) in [5.74, 6) is -0.593. The van der Waals surface area contributed by atoms with Crippen LogP contribution in [0.3, 0.4) is 0 Å². The van der Waals surface area contributed by atoms with E-state index in [-0.39, 0.29) is 11.7 Å². The van der Waals surface area contributed by atoms with Crippen LogP contribution in [-0.4, -0.2) is 32.6 Å². The summed E-state index contributed by atoms with van der Waals surface area (Å²) in [5, 5.41) is 0. The topological polar surface area (TPSA) is 78.9 Å². The largest absolute Gasteiger partial charge is 0.496 e. The molecule has 27 heavy (non-hydrogen) atoms. The molecule has 1 aromatic rings. The van der Waals surface area contributed by atoms with E-state index < -0.39 is 11.9 Å². The molecule has 0 spiro atoms. The number of ether oxygens (including phenoxy) is 3. The quantitative estimate of drug-likeness (QED) is 0.204. The SMILES string of the molecule is CCCCOC(=O)C(C(=O)c1c(OC)cccc1OC)C1CCCC1.O=[PH2+]. The lowest BCUT2D eigenvalue weighted by Crippen LogP contribution is -2.33. The van der Waals surface area contributed by atoms with Crippen LogP contribution in [0.5, 0.6) is 11.5 Å². The molecule has 0 N–H and O–H groups in total. The zero-order valence-corrected chi connectivity index (χ0v) is 17.5. The lowest BCUT2D eigenvalue weighted by molar-refractivity contribution is -0.148. The molecule has 0 heterocycles. The average molecular weight is 397 g/mol. The first-order chi connectivity index (χ1) is 13.1. The standard InChI is InChI=1S/C20H28O5.H2OP/c1-4-5-13-25-20(22)17(14-9-6-7-10-14)19(21)18-15(23-2)11-8-12-16(18)24-3;1-2/h8,11-12,14,17H,4-7,9-10,13H2,1-3H3;2H2/q;+1. The van der Waals surface area contributed by atoms with Crippen molar-refractivity contribution >= 4 is 20.9 Å². The molecular weight excluding hydrogens is 367 g/mol. The molecule has 0 radical (unpaired) electrons. The monoisotopic (exact) mass is 397 g/mol. The zero-order chi connectivity index (χ0) is 20.2. The summed E-state index contributed by atoms with van der Waals surface area (Å²) in [6.45, 7) is 2.39. The van der Waals surface area contributed by atoms with Crippen molar-refractivity contribution in [3.05, 3.63) is 23.8 Å². The fourth-order valence-corrected chi connectivity index (χ4v) is 3.46. The minimum Gasteiger partial charge on any atom is -0.496 e. The Morgan fingerprint density at radius 3 is 2.15 bits per heavy atom. The molecule has 0 amide bonds. The van der Waals surface area contributed by atoms with Gasteiger partial charge >= 0.3 is 15.1 Å². The lowest BCUT2D eigenvalue weighted by atomic mass is 9.84. The molecule has 1 saturated carbocycles. The van der Waals surface area contributed by atoms with E-state index in [9.17, 15) is 9.59 Å². The molecule has 7 heteroatoms. The number of hydrogen-bond donors (Lipinski definition) is 0. The summed E-state index contributed by atoms with van der Waals surface area (Å²) in [5.41, 5.74) is 0.330. The molecule has 1 aromatic carbocycles. The van der Waals surface area contributed by atoms with E-state index in [1.165, 1.54) is 23.3 Å². The Kier molecular flexibility index (Phi) is 10.6. The maximum absolute atomic E-state index is 13.3. The van der Waals surface area contributed by atoms with E-state index >= 15 is 0 Å². The van der Waals surface area contributed by atoms with Gasteiger partial charge in [-0.2, -0.15) is 0 Å². The molecule has 1 aliphatic rings. The highest BCUT2D eigenvalue weighted by atomic mass is 31.0. The highest BCUT2D eigenvalue weighted by molar-refractivity contribution is 7.00. The molecular formula is C20H30O6P+. The van der Waals surface area contributed by atoms with Gasteiger partial charge in [0.2, 0.25) is 0 Å². The maximum atomic E-state index is 13.3. The van der Waals surface area contributed by atoms with Gasteiger partial charge in [0.25, 0.3) is 0 Å². The van der Waals surface area contributed by atoms with Crippen molar-refractivity contribution in [2.45, 2.75) is 45.4 Å². The number of carbonyl (C=O) groups excluding carboxylic acids is 2. The van der Waals surface area contributed by atoms with Gasteiger partial charge in [0, 0.05) is 0 Å². The van der Waals surface area contributed by atoms with Gasteiger partial charge in [0.1, 0.15) is 23.0 Å². The second-order valence-corrected chi connectivity index (χ2v) is 6.45. The van der Waals surface area contributed by atoms with E-state index in [0.717, 1.165) is 38.5 Å². The number of esters is 1. The third-order valence-corrected chi connectivity index (χ3v) is 4.82. The number of Topliss-reactive ketones (excluding diaryl/α,β-unsaturated/α-hetero) is 1. The third-order valence-electron chi connectivity index (χ3n) is 4.82. The number of benzene rings is 1. The Balaban J connectivity index is 0.00000176. The van der Waals surface area contributed by atoms with Gasteiger partial charge in [-0.05, 0) is 37.3 Å². The molecule has 6 nitrogen and oxygen atoms in total. The van der Waals surface area contributed by atoms with Crippen molar-refractivity contribution in [3.63, 3.8) is 0 Å². The average Bonchev–Trinajstić information content (AvgIpc) is 3.23. The van der Waals surface area contributed by atoms with Gasteiger partial charge in [0.15, 0.2) is 5.78 Å². The van der Waals surface area contributed by atoms with Crippen LogP contribution in [-0.2, 0) is 14.1 Å². The Morgan fingerprint density at radius 2 is 1.67 bits per heavy atom. The Hall–Kier alpha value is -1.94. The van der Waals surface area contributed by atoms with Crippen molar-refractivity contribution in [3.8, 4) is 11.5 Å². The highest BCUT2D eigenvalue weighted by Crippen LogP contribution is 2.38. The van der Waals surface area contributed by atoms with Gasteiger partial charge in [-0.15, -0.1) is 0 Å². The molecule has 2 atom stereocenters. The second kappa shape index (κ2) is 12.4. The van der Waals surface area contributed by atoms with E-state index in [1.807, 2.05) is 6.92 Å². The molecule has 0 aliphatic heterocycles. The molecule has 1 aliphatic carbocycles. The van der Waals surface area contributed by atoms with Crippen molar-refractivity contribution in [1.82, 2.24) is 0 Å². The van der Waals surface area contributed by atoms with Crippen LogP contribution in [0.4, 0.5) is 0 Å². The van der Waals surface area contributed by atoms with Crippen LogP contribution < -0.4 is 9.47 Å². The molecule has 150 valence electrons. The number of carbonyl (C=O) groups is 2.